The van der Waals surface area contributed by atoms with E-state index in [9.17, 15) is 9.59 Å². The number of rotatable bonds is 6. The summed E-state index contributed by atoms with van der Waals surface area (Å²) in [5, 5.41) is 1.72. The molecule has 0 aliphatic heterocycles. The van der Waals surface area contributed by atoms with E-state index in [0.717, 1.165) is 0 Å². The van der Waals surface area contributed by atoms with Crippen LogP contribution in [0.15, 0.2) is 23.7 Å². The Morgan fingerprint density at radius 2 is 2.11 bits per heavy atom. The number of nitrogens with zero attached hydrogens (tertiary/aromatic N) is 1. The molecule has 0 saturated heterocycles. The van der Waals surface area contributed by atoms with E-state index in [1.54, 1.807) is 29.5 Å². The first kappa shape index (κ1) is 15.2. The molecule has 0 aliphatic carbocycles. The average Bonchev–Trinajstić information content (AvgIpc) is 2.82. The predicted octanol–water partition coefficient (Wildman–Crippen LogP) is 1.95. The first-order chi connectivity index (χ1) is 8.95. The molecule has 1 rings (SSSR count). The number of carbonyl (C=O) groups excluding carboxylic acids is 2. The van der Waals surface area contributed by atoms with E-state index in [-0.39, 0.29) is 5.78 Å². The molecule has 1 atom stereocenters. The number of methoxy groups -OCH3 is 1. The normalized spacial score (nSPS) is 12.2. The zero-order chi connectivity index (χ0) is 14.4. The highest BCUT2D eigenvalue weighted by molar-refractivity contribution is 7.12. The maximum Gasteiger partial charge on any atom is 0.351 e. The SMILES string of the molecule is COC(=O)c1sccc1O[C@@H](C)C(=O)/C=C/N(C)C. The van der Waals surface area contributed by atoms with Gasteiger partial charge in [-0.25, -0.2) is 4.79 Å². The second-order valence-corrected chi connectivity index (χ2v) is 4.96. The van der Waals surface area contributed by atoms with Crippen LogP contribution >= 0.6 is 11.3 Å². The molecule has 0 fully saturated rings. The van der Waals surface area contributed by atoms with Gasteiger partial charge in [-0.05, 0) is 18.4 Å². The van der Waals surface area contributed by atoms with Crippen LogP contribution in [0.5, 0.6) is 5.75 Å². The van der Waals surface area contributed by atoms with Crippen LogP contribution in [0.25, 0.3) is 0 Å². The van der Waals surface area contributed by atoms with Gasteiger partial charge in [0.15, 0.2) is 16.8 Å². The number of carbonyl (C=O) groups is 2. The number of esters is 1. The van der Waals surface area contributed by atoms with E-state index in [1.165, 1.54) is 24.5 Å². The van der Waals surface area contributed by atoms with Gasteiger partial charge in [0.25, 0.3) is 0 Å². The van der Waals surface area contributed by atoms with Gasteiger partial charge in [0.2, 0.25) is 0 Å². The Hall–Kier alpha value is -1.82. The Morgan fingerprint density at radius 1 is 1.42 bits per heavy atom. The Bertz CT molecular complexity index is 479. The van der Waals surface area contributed by atoms with E-state index in [4.69, 9.17) is 4.74 Å². The van der Waals surface area contributed by atoms with Gasteiger partial charge in [-0.2, -0.15) is 0 Å². The molecular formula is C13H17NO4S. The fourth-order valence-electron chi connectivity index (χ4n) is 1.24. The molecule has 0 aliphatic rings. The van der Waals surface area contributed by atoms with Crippen LogP contribution in [0.4, 0.5) is 0 Å². The predicted molar refractivity (Wildman–Crippen MR) is 73.6 cm³/mol. The smallest absolute Gasteiger partial charge is 0.351 e. The lowest BCUT2D eigenvalue weighted by Crippen LogP contribution is -2.23. The molecule has 6 heteroatoms. The van der Waals surface area contributed by atoms with Gasteiger partial charge in [-0.15, -0.1) is 11.3 Å². The van der Waals surface area contributed by atoms with Crippen molar-refractivity contribution < 1.29 is 19.1 Å². The minimum atomic E-state index is -0.658. The van der Waals surface area contributed by atoms with Gasteiger partial charge < -0.3 is 14.4 Å². The van der Waals surface area contributed by atoms with Gasteiger partial charge in [-0.1, -0.05) is 0 Å². The highest BCUT2D eigenvalue weighted by Crippen LogP contribution is 2.26. The molecule has 0 N–H and O–H groups in total. The molecule has 1 heterocycles. The third-order valence-corrected chi connectivity index (χ3v) is 3.12. The van der Waals surface area contributed by atoms with Crippen molar-refractivity contribution in [2.45, 2.75) is 13.0 Å². The van der Waals surface area contributed by atoms with Crippen molar-refractivity contribution in [3.05, 3.63) is 28.6 Å². The summed E-state index contributed by atoms with van der Waals surface area (Å²) in [6, 6.07) is 1.65. The van der Waals surface area contributed by atoms with E-state index in [2.05, 4.69) is 4.74 Å². The monoisotopic (exact) mass is 283 g/mol. The van der Waals surface area contributed by atoms with E-state index < -0.39 is 12.1 Å². The van der Waals surface area contributed by atoms with Crippen LogP contribution in [0.1, 0.15) is 16.6 Å². The Morgan fingerprint density at radius 3 is 2.68 bits per heavy atom. The molecule has 104 valence electrons. The van der Waals surface area contributed by atoms with Gasteiger partial charge in [0, 0.05) is 26.4 Å². The number of hydrogen-bond donors (Lipinski definition) is 0. The number of ether oxygens (including phenoxy) is 2. The van der Waals surface area contributed by atoms with Crippen molar-refractivity contribution in [1.82, 2.24) is 4.90 Å². The van der Waals surface area contributed by atoms with Crippen molar-refractivity contribution in [3.63, 3.8) is 0 Å². The largest absolute Gasteiger partial charge is 0.481 e. The van der Waals surface area contributed by atoms with E-state index >= 15 is 0 Å². The summed E-state index contributed by atoms with van der Waals surface area (Å²) in [5.74, 6) is -0.264. The molecule has 1 aromatic rings. The summed E-state index contributed by atoms with van der Waals surface area (Å²) in [6.45, 7) is 1.64. The van der Waals surface area contributed by atoms with Crippen molar-refractivity contribution in [2.75, 3.05) is 21.2 Å². The summed E-state index contributed by atoms with van der Waals surface area (Å²) in [7, 11) is 4.95. The minimum absolute atomic E-state index is 0.171. The van der Waals surface area contributed by atoms with Gasteiger partial charge in [0.1, 0.15) is 5.75 Å². The molecule has 0 aromatic carbocycles. The summed E-state index contributed by atoms with van der Waals surface area (Å²) in [5.41, 5.74) is 0. The highest BCUT2D eigenvalue weighted by atomic mass is 32.1. The fourth-order valence-corrected chi connectivity index (χ4v) is 1.98. The molecule has 1 aromatic heterocycles. The molecule has 0 saturated carbocycles. The molecule has 0 spiro atoms. The third-order valence-electron chi connectivity index (χ3n) is 2.24. The van der Waals surface area contributed by atoms with Crippen LogP contribution in [0.2, 0.25) is 0 Å². The molecule has 0 bridgehead atoms. The fraction of sp³-hybridized carbons (Fsp3) is 0.385. The first-order valence-corrected chi connectivity index (χ1v) is 6.54. The topological polar surface area (TPSA) is 55.8 Å². The molecule has 0 unspecified atom stereocenters. The summed E-state index contributed by atoms with van der Waals surface area (Å²) in [4.78, 5) is 25.4. The third kappa shape index (κ3) is 4.40. The van der Waals surface area contributed by atoms with Crippen LogP contribution in [0, 0.1) is 0 Å². The van der Waals surface area contributed by atoms with Crippen molar-refractivity contribution in [3.8, 4) is 5.75 Å². The summed E-state index contributed by atoms with van der Waals surface area (Å²) >= 11 is 1.22. The molecule has 5 nitrogen and oxygen atoms in total. The minimum Gasteiger partial charge on any atom is -0.481 e. The standard InChI is InChI=1S/C13H17NO4S/c1-9(10(15)5-7-14(2)3)18-11-6-8-19-12(11)13(16)17-4/h5-9H,1-4H3/b7-5+/t9-/m0/s1. The van der Waals surface area contributed by atoms with Crippen molar-refractivity contribution in [2.24, 2.45) is 0 Å². The highest BCUT2D eigenvalue weighted by Gasteiger charge is 2.19. The lowest BCUT2D eigenvalue weighted by molar-refractivity contribution is -0.120. The second kappa shape index (κ2) is 6.94. The zero-order valence-corrected chi connectivity index (χ0v) is 12.2. The summed E-state index contributed by atoms with van der Waals surface area (Å²) in [6.07, 6.45) is 2.43. The first-order valence-electron chi connectivity index (χ1n) is 5.66. The Balaban J connectivity index is 2.72. The van der Waals surface area contributed by atoms with Gasteiger partial charge in [-0.3, -0.25) is 4.79 Å². The molecule has 0 radical (unpaired) electrons. The van der Waals surface area contributed by atoms with Crippen molar-refractivity contribution >= 4 is 23.1 Å². The lowest BCUT2D eigenvalue weighted by atomic mass is 10.2. The summed E-state index contributed by atoms with van der Waals surface area (Å²) < 4.78 is 10.1. The van der Waals surface area contributed by atoms with Crippen LogP contribution in [0.3, 0.4) is 0 Å². The van der Waals surface area contributed by atoms with Gasteiger partial charge >= 0.3 is 5.97 Å². The Kier molecular flexibility index (Phi) is 5.57. The number of hydrogen-bond acceptors (Lipinski definition) is 6. The maximum absolute atomic E-state index is 11.8. The second-order valence-electron chi connectivity index (χ2n) is 4.05. The van der Waals surface area contributed by atoms with E-state index in [1.807, 2.05) is 14.1 Å². The van der Waals surface area contributed by atoms with Crippen LogP contribution in [-0.2, 0) is 9.53 Å². The van der Waals surface area contributed by atoms with Crippen molar-refractivity contribution in [1.29, 1.82) is 0 Å². The lowest BCUT2D eigenvalue weighted by Gasteiger charge is -2.12. The van der Waals surface area contributed by atoms with E-state index in [0.29, 0.717) is 10.6 Å². The quantitative estimate of drug-likeness (QED) is 0.590. The number of ketones is 1. The molecule has 0 amide bonds. The molecular weight excluding hydrogens is 266 g/mol. The van der Waals surface area contributed by atoms with Crippen LogP contribution < -0.4 is 4.74 Å². The van der Waals surface area contributed by atoms with Gasteiger partial charge in [0.05, 0.1) is 7.11 Å². The average molecular weight is 283 g/mol. The Labute approximate surface area is 116 Å². The molecule has 19 heavy (non-hydrogen) atoms. The van der Waals surface area contributed by atoms with Crippen LogP contribution in [-0.4, -0.2) is 44.0 Å². The number of thiophene rings is 1. The maximum atomic E-state index is 11.8. The zero-order valence-electron chi connectivity index (χ0n) is 11.4.